The van der Waals surface area contributed by atoms with Crippen LogP contribution in [0.4, 0.5) is 0 Å². The fourth-order valence-corrected chi connectivity index (χ4v) is 4.57. The van der Waals surface area contributed by atoms with E-state index in [-0.39, 0.29) is 12.2 Å². The molecule has 0 aliphatic heterocycles. The van der Waals surface area contributed by atoms with Crippen LogP contribution in [-0.4, -0.2) is 22.1 Å². The quantitative estimate of drug-likeness (QED) is 0.396. The number of fused-ring (bicyclic) bond motifs is 1. The number of thiophene rings is 1. The molecule has 4 rings (SSSR count). The standard InChI is InChI=1S/C25H24N2O3S/c1-5-30-24(29)25(3,4)27-21(18-13-11-16(2)12-14-18)26-22-20(23(27)28)19(15-31-22)17-9-7-6-8-10-17/h6-15H,5H2,1-4H3. The molecule has 0 saturated heterocycles. The fraction of sp³-hybridized carbons (Fsp3) is 0.240. The molecule has 0 spiro atoms. The van der Waals surface area contributed by atoms with Crippen molar-refractivity contribution >= 4 is 27.5 Å². The number of hydrogen-bond acceptors (Lipinski definition) is 5. The first-order valence-electron chi connectivity index (χ1n) is 10.2. The number of hydrogen-bond donors (Lipinski definition) is 0. The largest absolute Gasteiger partial charge is 0.464 e. The smallest absolute Gasteiger partial charge is 0.331 e. The van der Waals surface area contributed by atoms with Gasteiger partial charge >= 0.3 is 5.97 Å². The maximum atomic E-state index is 13.9. The van der Waals surface area contributed by atoms with Crippen LogP contribution in [0.1, 0.15) is 26.3 Å². The van der Waals surface area contributed by atoms with Gasteiger partial charge in [0.1, 0.15) is 16.2 Å². The van der Waals surface area contributed by atoms with Crippen molar-refractivity contribution in [2.24, 2.45) is 0 Å². The number of aromatic nitrogens is 2. The van der Waals surface area contributed by atoms with Gasteiger partial charge in [-0.05, 0) is 33.3 Å². The summed E-state index contributed by atoms with van der Waals surface area (Å²) in [6, 6.07) is 17.5. The summed E-state index contributed by atoms with van der Waals surface area (Å²) in [5.41, 5.74) is 2.16. The molecular formula is C25H24N2O3S. The Balaban J connectivity index is 2.06. The van der Waals surface area contributed by atoms with E-state index in [0.717, 1.165) is 22.3 Å². The van der Waals surface area contributed by atoms with E-state index >= 15 is 0 Å². The first-order chi connectivity index (χ1) is 14.8. The molecule has 0 radical (unpaired) electrons. The minimum absolute atomic E-state index is 0.236. The SMILES string of the molecule is CCOC(=O)C(C)(C)n1c(-c2ccc(C)cc2)nc2scc(-c3ccccc3)c2c1=O. The summed E-state index contributed by atoms with van der Waals surface area (Å²) in [4.78, 5) is 32.3. The van der Waals surface area contributed by atoms with E-state index in [0.29, 0.717) is 16.0 Å². The summed E-state index contributed by atoms with van der Waals surface area (Å²) in [6.45, 7) is 7.39. The molecule has 158 valence electrons. The lowest BCUT2D eigenvalue weighted by Crippen LogP contribution is -2.45. The van der Waals surface area contributed by atoms with Gasteiger partial charge in [-0.15, -0.1) is 11.3 Å². The number of nitrogens with zero attached hydrogens (tertiary/aromatic N) is 2. The second kappa shape index (κ2) is 8.12. The summed E-state index contributed by atoms with van der Waals surface area (Å²) in [5, 5.41) is 2.47. The average Bonchev–Trinajstić information content (AvgIpc) is 3.19. The Morgan fingerprint density at radius 3 is 2.39 bits per heavy atom. The number of carbonyl (C=O) groups excluding carboxylic acids is 1. The highest BCUT2D eigenvalue weighted by Gasteiger charge is 2.36. The highest BCUT2D eigenvalue weighted by molar-refractivity contribution is 7.17. The summed E-state index contributed by atoms with van der Waals surface area (Å²) in [7, 11) is 0. The van der Waals surface area contributed by atoms with Crippen molar-refractivity contribution in [3.05, 3.63) is 75.9 Å². The molecule has 0 saturated carbocycles. The van der Waals surface area contributed by atoms with Gasteiger partial charge in [-0.1, -0.05) is 60.2 Å². The lowest BCUT2D eigenvalue weighted by molar-refractivity contribution is -0.152. The monoisotopic (exact) mass is 432 g/mol. The number of rotatable bonds is 5. The zero-order chi connectivity index (χ0) is 22.2. The first-order valence-corrected chi connectivity index (χ1v) is 11.1. The van der Waals surface area contributed by atoms with Crippen molar-refractivity contribution in [2.45, 2.75) is 33.2 Å². The van der Waals surface area contributed by atoms with E-state index in [1.807, 2.05) is 66.9 Å². The number of aryl methyl sites for hydroxylation is 1. The van der Waals surface area contributed by atoms with E-state index in [4.69, 9.17) is 9.72 Å². The van der Waals surface area contributed by atoms with E-state index < -0.39 is 11.5 Å². The number of ether oxygens (including phenoxy) is 1. The van der Waals surface area contributed by atoms with Crippen LogP contribution in [0.3, 0.4) is 0 Å². The second-order valence-electron chi connectivity index (χ2n) is 7.92. The molecule has 0 aliphatic carbocycles. The van der Waals surface area contributed by atoms with Gasteiger partial charge in [-0.2, -0.15) is 0 Å². The molecule has 0 unspecified atom stereocenters. The third-order valence-electron chi connectivity index (χ3n) is 5.34. The molecule has 6 heteroatoms. The minimum Gasteiger partial charge on any atom is -0.464 e. The lowest BCUT2D eigenvalue weighted by atomic mass is 10.0. The Bertz CT molecular complexity index is 1300. The van der Waals surface area contributed by atoms with Crippen molar-refractivity contribution in [3.63, 3.8) is 0 Å². The van der Waals surface area contributed by atoms with Crippen molar-refractivity contribution in [2.75, 3.05) is 6.61 Å². The van der Waals surface area contributed by atoms with Crippen molar-refractivity contribution in [1.82, 2.24) is 9.55 Å². The highest BCUT2D eigenvalue weighted by Crippen LogP contribution is 2.34. The molecule has 0 N–H and O–H groups in total. The topological polar surface area (TPSA) is 61.2 Å². The number of carbonyl (C=O) groups is 1. The van der Waals surface area contributed by atoms with Crippen LogP contribution in [0.5, 0.6) is 0 Å². The summed E-state index contributed by atoms with van der Waals surface area (Å²) >= 11 is 1.43. The molecular weight excluding hydrogens is 408 g/mol. The van der Waals surface area contributed by atoms with Crippen LogP contribution in [0.15, 0.2) is 64.8 Å². The van der Waals surface area contributed by atoms with Crippen molar-refractivity contribution in [3.8, 4) is 22.5 Å². The van der Waals surface area contributed by atoms with Gasteiger partial charge in [0.25, 0.3) is 5.56 Å². The Kier molecular flexibility index (Phi) is 5.50. The van der Waals surface area contributed by atoms with Crippen LogP contribution in [0.25, 0.3) is 32.7 Å². The fourth-order valence-electron chi connectivity index (χ4n) is 3.63. The van der Waals surface area contributed by atoms with Gasteiger partial charge in [0.15, 0.2) is 0 Å². The van der Waals surface area contributed by atoms with E-state index in [9.17, 15) is 9.59 Å². The van der Waals surface area contributed by atoms with Gasteiger partial charge in [0.05, 0.1) is 12.0 Å². The van der Waals surface area contributed by atoms with Crippen LogP contribution in [-0.2, 0) is 15.1 Å². The molecule has 31 heavy (non-hydrogen) atoms. The Morgan fingerprint density at radius 1 is 1.06 bits per heavy atom. The molecule has 4 aromatic rings. The van der Waals surface area contributed by atoms with Crippen LogP contribution >= 0.6 is 11.3 Å². The number of esters is 1. The average molecular weight is 433 g/mol. The predicted molar refractivity (Wildman–Crippen MR) is 125 cm³/mol. The third kappa shape index (κ3) is 3.68. The van der Waals surface area contributed by atoms with Gasteiger partial charge in [0.2, 0.25) is 0 Å². The zero-order valence-corrected chi connectivity index (χ0v) is 18.8. The molecule has 2 aromatic carbocycles. The molecule has 5 nitrogen and oxygen atoms in total. The minimum atomic E-state index is -1.23. The normalized spacial score (nSPS) is 11.6. The van der Waals surface area contributed by atoms with E-state index in [1.54, 1.807) is 20.8 Å². The maximum Gasteiger partial charge on any atom is 0.331 e. The van der Waals surface area contributed by atoms with Crippen LogP contribution in [0.2, 0.25) is 0 Å². The van der Waals surface area contributed by atoms with Crippen molar-refractivity contribution in [1.29, 1.82) is 0 Å². The molecule has 0 amide bonds. The Hall–Kier alpha value is -3.25. The Morgan fingerprint density at radius 2 is 1.74 bits per heavy atom. The molecule has 2 aromatic heterocycles. The van der Waals surface area contributed by atoms with Gasteiger partial charge in [0, 0.05) is 16.5 Å². The maximum absolute atomic E-state index is 13.9. The summed E-state index contributed by atoms with van der Waals surface area (Å²) < 4.78 is 6.79. The summed E-state index contributed by atoms with van der Waals surface area (Å²) in [6.07, 6.45) is 0. The second-order valence-corrected chi connectivity index (χ2v) is 8.78. The van der Waals surface area contributed by atoms with Gasteiger partial charge in [-0.25, -0.2) is 9.78 Å². The molecule has 0 bridgehead atoms. The van der Waals surface area contributed by atoms with E-state index in [2.05, 4.69) is 0 Å². The third-order valence-corrected chi connectivity index (χ3v) is 6.21. The molecule has 2 heterocycles. The first kappa shape index (κ1) is 21.0. The predicted octanol–water partition coefficient (Wildman–Crippen LogP) is 5.40. The zero-order valence-electron chi connectivity index (χ0n) is 18.0. The molecule has 0 atom stereocenters. The van der Waals surface area contributed by atoms with Gasteiger partial charge in [-0.3, -0.25) is 9.36 Å². The van der Waals surface area contributed by atoms with Crippen molar-refractivity contribution < 1.29 is 9.53 Å². The van der Waals surface area contributed by atoms with Crippen LogP contribution < -0.4 is 5.56 Å². The lowest BCUT2D eigenvalue weighted by Gasteiger charge is -2.27. The highest BCUT2D eigenvalue weighted by atomic mass is 32.1. The summed E-state index contributed by atoms with van der Waals surface area (Å²) in [5.74, 6) is -0.0138. The van der Waals surface area contributed by atoms with Gasteiger partial charge < -0.3 is 4.74 Å². The molecule has 0 aliphatic rings. The molecule has 0 fully saturated rings. The van der Waals surface area contributed by atoms with Crippen LogP contribution in [0, 0.1) is 6.92 Å². The van der Waals surface area contributed by atoms with E-state index in [1.165, 1.54) is 15.9 Å². The Labute approximate surface area is 185 Å². The number of benzene rings is 2.